The zero-order chi connectivity index (χ0) is 12.3. The molecule has 1 rings (SSSR count). The van der Waals surface area contributed by atoms with Gasteiger partial charge in [-0.1, -0.05) is 6.58 Å². The van der Waals surface area contributed by atoms with Crippen molar-refractivity contribution >= 4 is 11.3 Å². The van der Waals surface area contributed by atoms with E-state index in [0.29, 0.717) is 16.8 Å². The number of anilines is 1. The van der Waals surface area contributed by atoms with Crippen LogP contribution in [-0.2, 0) is 0 Å². The lowest BCUT2D eigenvalue weighted by Crippen LogP contribution is -2.01. The van der Waals surface area contributed by atoms with Crippen LogP contribution < -0.4 is 11.1 Å². The van der Waals surface area contributed by atoms with Gasteiger partial charge in [0.25, 0.3) is 0 Å². The maximum atomic E-state index is 13.8. The van der Waals surface area contributed by atoms with Gasteiger partial charge in [0.05, 0.1) is 0 Å². The Bertz CT molecular complexity index is 443. The van der Waals surface area contributed by atoms with Crippen molar-refractivity contribution < 1.29 is 4.39 Å². The van der Waals surface area contributed by atoms with Crippen LogP contribution in [0, 0.1) is 5.82 Å². The van der Waals surface area contributed by atoms with Gasteiger partial charge in [0.1, 0.15) is 5.82 Å². The van der Waals surface area contributed by atoms with Crippen LogP contribution in [0.25, 0.3) is 5.57 Å². The molecule has 0 aromatic heterocycles. The molecule has 0 atom stereocenters. The number of halogens is 1. The van der Waals surface area contributed by atoms with Gasteiger partial charge in [-0.05, 0) is 37.6 Å². The highest BCUT2D eigenvalue weighted by molar-refractivity contribution is 5.80. The first kappa shape index (κ1) is 12.3. The van der Waals surface area contributed by atoms with Crippen LogP contribution in [0.1, 0.15) is 19.4 Å². The molecule has 0 fully saturated rings. The fourth-order valence-corrected chi connectivity index (χ4v) is 1.65. The van der Waals surface area contributed by atoms with Crippen LogP contribution in [0.4, 0.5) is 10.1 Å². The average molecular weight is 220 g/mol. The molecule has 0 aliphatic heterocycles. The Labute approximate surface area is 95.7 Å². The van der Waals surface area contributed by atoms with E-state index in [1.54, 1.807) is 20.0 Å². The van der Waals surface area contributed by atoms with Crippen molar-refractivity contribution in [2.45, 2.75) is 13.8 Å². The van der Waals surface area contributed by atoms with Crippen LogP contribution in [0.15, 0.2) is 36.0 Å². The van der Waals surface area contributed by atoms with Crippen molar-refractivity contribution in [2.24, 2.45) is 5.73 Å². The fraction of sp³-hybridized carbons (Fsp3) is 0.231. The zero-order valence-corrected chi connectivity index (χ0v) is 9.89. The highest BCUT2D eigenvalue weighted by atomic mass is 19.1. The summed E-state index contributed by atoms with van der Waals surface area (Å²) in [7, 11) is 1.75. The Morgan fingerprint density at radius 2 is 2.00 bits per heavy atom. The van der Waals surface area contributed by atoms with E-state index in [1.165, 1.54) is 6.07 Å². The summed E-state index contributed by atoms with van der Waals surface area (Å²) in [4.78, 5) is 0. The summed E-state index contributed by atoms with van der Waals surface area (Å²) in [5, 5.41) is 2.88. The predicted octanol–water partition coefficient (Wildman–Crippen LogP) is 3.13. The molecule has 0 saturated carbocycles. The molecule has 1 aromatic carbocycles. The van der Waals surface area contributed by atoms with Crippen LogP contribution in [0.5, 0.6) is 0 Å². The Kier molecular flexibility index (Phi) is 3.72. The molecule has 86 valence electrons. The van der Waals surface area contributed by atoms with Crippen LogP contribution in [-0.4, -0.2) is 7.05 Å². The van der Waals surface area contributed by atoms with Crippen molar-refractivity contribution in [3.63, 3.8) is 0 Å². The molecule has 3 heteroatoms. The molecule has 0 amide bonds. The van der Waals surface area contributed by atoms with E-state index >= 15 is 0 Å². The summed E-state index contributed by atoms with van der Waals surface area (Å²) in [5.74, 6) is -0.297. The number of rotatable bonds is 3. The molecule has 0 spiro atoms. The van der Waals surface area contributed by atoms with Gasteiger partial charge in [-0.3, -0.25) is 0 Å². The molecule has 0 aliphatic carbocycles. The van der Waals surface area contributed by atoms with Crippen LogP contribution in [0.2, 0.25) is 0 Å². The third-order valence-corrected chi connectivity index (χ3v) is 2.35. The summed E-state index contributed by atoms with van der Waals surface area (Å²) < 4.78 is 13.8. The Morgan fingerprint density at radius 3 is 2.38 bits per heavy atom. The van der Waals surface area contributed by atoms with E-state index in [4.69, 9.17) is 5.73 Å². The van der Waals surface area contributed by atoms with Gasteiger partial charge in [0, 0.05) is 29.6 Å². The normalized spacial score (nSPS) is 12.0. The Morgan fingerprint density at radius 1 is 1.38 bits per heavy atom. The maximum Gasteiger partial charge on any atom is 0.133 e. The molecule has 0 radical (unpaired) electrons. The van der Waals surface area contributed by atoms with Crippen molar-refractivity contribution in [3.05, 3.63) is 47.4 Å². The third kappa shape index (κ3) is 2.42. The number of nitrogens with one attached hydrogen (secondary N) is 1. The highest BCUT2D eigenvalue weighted by Crippen LogP contribution is 2.27. The van der Waals surface area contributed by atoms with Gasteiger partial charge >= 0.3 is 0 Å². The standard InChI is InChI=1S/C13H17FN2/c1-8(2)13(9(3)15)11-6-5-10(16-4)7-12(11)14/h5-7,16H,1,15H2,2-4H3/b13-9+. The quantitative estimate of drug-likeness (QED) is 0.768. The lowest BCUT2D eigenvalue weighted by atomic mass is 9.97. The summed E-state index contributed by atoms with van der Waals surface area (Å²) in [6.07, 6.45) is 0. The van der Waals surface area contributed by atoms with Gasteiger partial charge in [0.2, 0.25) is 0 Å². The lowest BCUT2D eigenvalue weighted by molar-refractivity contribution is 0.624. The second-order valence-corrected chi connectivity index (χ2v) is 3.78. The molecule has 0 heterocycles. The minimum atomic E-state index is -0.297. The van der Waals surface area contributed by atoms with Crippen LogP contribution >= 0.6 is 0 Å². The number of nitrogens with two attached hydrogens (primary N) is 1. The molecule has 0 unspecified atom stereocenters. The van der Waals surface area contributed by atoms with Gasteiger partial charge in [-0.15, -0.1) is 0 Å². The van der Waals surface area contributed by atoms with Crippen LogP contribution in [0.3, 0.4) is 0 Å². The van der Waals surface area contributed by atoms with E-state index in [2.05, 4.69) is 11.9 Å². The summed E-state index contributed by atoms with van der Waals surface area (Å²) >= 11 is 0. The molecule has 0 aliphatic rings. The fourth-order valence-electron chi connectivity index (χ4n) is 1.65. The summed E-state index contributed by atoms with van der Waals surface area (Å²) in [6.45, 7) is 7.38. The first-order valence-corrected chi connectivity index (χ1v) is 5.07. The minimum absolute atomic E-state index is 0.297. The molecule has 2 nitrogen and oxygen atoms in total. The van der Waals surface area contributed by atoms with E-state index in [0.717, 1.165) is 11.3 Å². The molecule has 16 heavy (non-hydrogen) atoms. The van der Waals surface area contributed by atoms with Crippen molar-refractivity contribution in [3.8, 4) is 0 Å². The van der Waals surface area contributed by atoms with E-state index < -0.39 is 0 Å². The SMILES string of the molecule is C=C(C)/C(=C(/C)N)c1ccc(NC)cc1F. The second kappa shape index (κ2) is 4.84. The highest BCUT2D eigenvalue weighted by Gasteiger charge is 2.11. The number of benzene rings is 1. The van der Waals surface area contributed by atoms with Crippen molar-refractivity contribution in [1.29, 1.82) is 0 Å². The molecule has 1 aromatic rings. The number of hydrogen-bond acceptors (Lipinski definition) is 2. The van der Waals surface area contributed by atoms with Crippen molar-refractivity contribution in [2.75, 3.05) is 12.4 Å². The van der Waals surface area contributed by atoms with Gasteiger partial charge < -0.3 is 11.1 Å². The second-order valence-electron chi connectivity index (χ2n) is 3.78. The molecule has 3 N–H and O–H groups in total. The van der Waals surface area contributed by atoms with Crippen molar-refractivity contribution in [1.82, 2.24) is 0 Å². The predicted molar refractivity (Wildman–Crippen MR) is 67.5 cm³/mol. The molecular weight excluding hydrogens is 203 g/mol. The summed E-state index contributed by atoms with van der Waals surface area (Å²) in [5.41, 5.74) is 8.98. The van der Waals surface area contributed by atoms with E-state index in [1.807, 2.05) is 13.0 Å². The Balaban J connectivity index is 3.33. The zero-order valence-electron chi connectivity index (χ0n) is 9.89. The number of allylic oxidation sites excluding steroid dienone is 3. The topological polar surface area (TPSA) is 38.0 Å². The van der Waals surface area contributed by atoms with Gasteiger partial charge in [-0.25, -0.2) is 4.39 Å². The largest absolute Gasteiger partial charge is 0.402 e. The minimum Gasteiger partial charge on any atom is -0.402 e. The maximum absolute atomic E-state index is 13.8. The average Bonchev–Trinajstić information content (AvgIpc) is 2.19. The third-order valence-electron chi connectivity index (χ3n) is 2.35. The first-order chi connectivity index (χ1) is 7.47. The molecular formula is C13H17FN2. The van der Waals surface area contributed by atoms with E-state index in [9.17, 15) is 4.39 Å². The molecule has 0 bridgehead atoms. The lowest BCUT2D eigenvalue weighted by Gasteiger charge is -2.12. The number of hydrogen-bond donors (Lipinski definition) is 2. The smallest absolute Gasteiger partial charge is 0.133 e. The summed E-state index contributed by atoms with van der Waals surface area (Å²) in [6, 6.07) is 4.97. The molecule has 0 saturated heterocycles. The Hall–Kier alpha value is -1.77. The monoisotopic (exact) mass is 220 g/mol. The van der Waals surface area contributed by atoms with Gasteiger partial charge in [0.15, 0.2) is 0 Å². The van der Waals surface area contributed by atoms with Gasteiger partial charge in [-0.2, -0.15) is 0 Å². The first-order valence-electron chi connectivity index (χ1n) is 5.07. The van der Waals surface area contributed by atoms with E-state index in [-0.39, 0.29) is 5.82 Å².